The molecule has 0 amide bonds. The number of piperazine rings is 1. The third-order valence-electron chi connectivity index (χ3n) is 4.62. The van der Waals surface area contributed by atoms with E-state index >= 15 is 0 Å². The summed E-state index contributed by atoms with van der Waals surface area (Å²) < 4.78 is 1.01. The molecule has 3 nitrogen and oxygen atoms in total. The molecule has 0 aliphatic carbocycles. The number of Topliss-reactive ketones (excluding diaryl/α,β-unsaturated/α-hetero) is 1. The maximum Gasteiger partial charge on any atom is 0.179 e. The lowest BCUT2D eigenvalue weighted by Gasteiger charge is -2.40. The van der Waals surface area contributed by atoms with Crippen LogP contribution in [0.1, 0.15) is 37.6 Å². The van der Waals surface area contributed by atoms with Gasteiger partial charge in [-0.3, -0.25) is 14.6 Å². The summed E-state index contributed by atoms with van der Waals surface area (Å²) in [5.41, 5.74) is 0.801. The minimum atomic E-state index is -0.0368. The number of hydrogen-bond donors (Lipinski definition) is 0. The van der Waals surface area contributed by atoms with Crippen molar-refractivity contribution >= 4 is 21.7 Å². The fourth-order valence-corrected chi connectivity index (χ4v) is 3.11. The Balaban J connectivity index is 1.93. The van der Waals surface area contributed by atoms with Gasteiger partial charge in [0.25, 0.3) is 0 Å². The molecule has 4 heteroatoms. The summed E-state index contributed by atoms with van der Waals surface area (Å²) in [5.74, 6) is 0.222. The molecule has 1 fully saturated rings. The summed E-state index contributed by atoms with van der Waals surface area (Å²) in [6.07, 6.45) is 1.19. The topological polar surface area (TPSA) is 23.6 Å². The lowest BCUT2D eigenvalue weighted by atomic mass is 10.0. The van der Waals surface area contributed by atoms with Crippen LogP contribution in [0.2, 0.25) is 0 Å². The van der Waals surface area contributed by atoms with E-state index < -0.39 is 0 Å². The zero-order valence-corrected chi connectivity index (χ0v) is 14.8. The van der Waals surface area contributed by atoms with Crippen molar-refractivity contribution in [2.45, 2.75) is 39.3 Å². The van der Waals surface area contributed by atoms with Crippen molar-refractivity contribution in [3.63, 3.8) is 0 Å². The van der Waals surface area contributed by atoms with E-state index in [2.05, 4.69) is 39.6 Å². The smallest absolute Gasteiger partial charge is 0.179 e. The highest BCUT2D eigenvalue weighted by atomic mass is 79.9. The van der Waals surface area contributed by atoms with E-state index in [-0.39, 0.29) is 11.8 Å². The van der Waals surface area contributed by atoms with Gasteiger partial charge in [-0.1, -0.05) is 35.0 Å². The first-order valence-electron chi connectivity index (χ1n) is 7.80. The molecular formula is C17H25BrN2O. The zero-order chi connectivity index (χ0) is 15.4. The van der Waals surface area contributed by atoms with Gasteiger partial charge in [0.05, 0.1) is 6.04 Å². The normalized spacial score (nSPS) is 20.2. The molecule has 1 aliphatic heterocycles. The minimum Gasteiger partial charge on any atom is -0.298 e. The van der Waals surface area contributed by atoms with Crippen molar-refractivity contribution in [2.75, 3.05) is 26.2 Å². The second-order valence-electron chi connectivity index (χ2n) is 5.88. The largest absolute Gasteiger partial charge is 0.298 e. The molecule has 0 spiro atoms. The first-order valence-corrected chi connectivity index (χ1v) is 8.60. The lowest BCUT2D eigenvalue weighted by molar-refractivity contribution is 0.0613. The molecule has 21 heavy (non-hydrogen) atoms. The molecule has 1 saturated heterocycles. The van der Waals surface area contributed by atoms with Gasteiger partial charge < -0.3 is 0 Å². The SMILES string of the molecule is CCC(C)N1CCN(C(C)C(=O)c2ccc(Br)cc2)CC1. The second-order valence-corrected chi connectivity index (χ2v) is 6.79. The average molecular weight is 353 g/mol. The highest BCUT2D eigenvalue weighted by Crippen LogP contribution is 2.16. The van der Waals surface area contributed by atoms with Gasteiger partial charge >= 0.3 is 0 Å². The Bertz CT molecular complexity index is 466. The number of halogens is 1. The molecular weight excluding hydrogens is 328 g/mol. The van der Waals surface area contributed by atoms with Gasteiger partial charge in [0.2, 0.25) is 0 Å². The van der Waals surface area contributed by atoms with Gasteiger partial charge in [-0.05, 0) is 32.4 Å². The van der Waals surface area contributed by atoms with Crippen LogP contribution in [-0.4, -0.2) is 53.8 Å². The summed E-state index contributed by atoms with van der Waals surface area (Å²) >= 11 is 3.41. The van der Waals surface area contributed by atoms with E-state index in [1.54, 1.807) is 0 Å². The summed E-state index contributed by atoms with van der Waals surface area (Å²) in [4.78, 5) is 17.4. The Morgan fingerprint density at radius 2 is 1.62 bits per heavy atom. The van der Waals surface area contributed by atoms with Gasteiger partial charge in [0.15, 0.2) is 5.78 Å². The van der Waals surface area contributed by atoms with Crippen LogP contribution in [0.15, 0.2) is 28.7 Å². The van der Waals surface area contributed by atoms with E-state index in [0.717, 1.165) is 36.2 Å². The minimum absolute atomic E-state index is 0.0368. The summed E-state index contributed by atoms with van der Waals surface area (Å²) in [6, 6.07) is 8.27. The predicted molar refractivity (Wildman–Crippen MR) is 90.8 cm³/mol. The summed E-state index contributed by atoms with van der Waals surface area (Å²) in [5, 5.41) is 0. The zero-order valence-electron chi connectivity index (χ0n) is 13.2. The molecule has 1 aromatic rings. The van der Waals surface area contributed by atoms with Crippen LogP contribution in [-0.2, 0) is 0 Å². The molecule has 0 radical (unpaired) electrons. The van der Waals surface area contributed by atoms with Crippen LogP contribution >= 0.6 is 15.9 Å². The number of carbonyl (C=O) groups excluding carboxylic acids is 1. The van der Waals surface area contributed by atoms with E-state index in [0.29, 0.717) is 6.04 Å². The molecule has 1 aliphatic rings. The molecule has 1 heterocycles. The van der Waals surface area contributed by atoms with Gasteiger partial charge in [-0.25, -0.2) is 0 Å². The van der Waals surface area contributed by atoms with Gasteiger partial charge in [-0.2, -0.15) is 0 Å². The first kappa shape index (κ1) is 16.7. The third-order valence-corrected chi connectivity index (χ3v) is 5.15. The van der Waals surface area contributed by atoms with Crippen LogP contribution in [0, 0.1) is 0 Å². The Morgan fingerprint density at radius 3 is 2.14 bits per heavy atom. The van der Waals surface area contributed by atoms with E-state index in [4.69, 9.17) is 0 Å². The molecule has 0 saturated carbocycles. The molecule has 2 unspecified atom stereocenters. The van der Waals surface area contributed by atoms with Crippen LogP contribution in [0.4, 0.5) is 0 Å². The Morgan fingerprint density at radius 1 is 1.10 bits per heavy atom. The van der Waals surface area contributed by atoms with Crippen LogP contribution in [0.5, 0.6) is 0 Å². The van der Waals surface area contributed by atoms with Crippen molar-refractivity contribution in [2.24, 2.45) is 0 Å². The molecule has 2 atom stereocenters. The van der Waals surface area contributed by atoms with Crippen LogP contribution in [0.25, 0.3) is 0 Å². The van der Waals surface area contributed by atoms with Crippen molar-refractivity contribution in [3.05, 3.63) is 34.3 Å². The number of hydrogen-bond acceptors (Lipinski definition) is 3. The van der Waals surface area contributed by atoms with Crippen molar-refractivity contribution in [1.82, 2.24) is 9.80 Å². The van der Waals surface area contributed by atoms with Gasteiger partial charge in [-0.15, -0.1) is 0 Å². The summed E-state index contributed by atoms with van der Waals surface area (Å²) in [6.45, 7) is 10.6. The van der Waals surface area contributed by atoms with Crippen LogP contribution < -0.4 is 0 Å². The van der Waals surface area contributed by atoms with Crippen LogP contribution in [0.3, 0.4) is 0 Å². The first-order chi connectivity index (χ1) is 10.0. The Kier molecular flexibility index (Phi) is 5.97. The molecule has 0 aromatic heterocycles. The Labute approximate surface area is 136 Å². The monoisotopic (exact) mass is 352 g/mol. The predicted octanol–water partition coefficient (Wildman–Crippen LogP) is 3.44. The van der Waals surface area contributed by atoms with Gasteiger partial charge in [0, 0.05) is 42.3 Å². The third kappa shape index (κ3) is 4.15. The standard InChI is InChI=1S/C17H25BrN2O/c1-4-13(2)19-9-11-20(12-10-19)14(3)17(21)15-5-7-16(18)8-6-15/h5-8,13-14H,4,9-12H2,1-3H3. The van der Waals surface area contributed by atoms with Crippen molar-refractivity contribution in [3.8, 4) is 0 Å². The van der Waals surface area contributed by atoms with Crippen molar-refractivity contribution in [1.29, 1.82) is 0 Å². The van der Waals surface area contributed by atoms with Gasteiger partial charge in [0.1, 0.15) is 0 Å². The lowest BCUT2D eigenvalue weighted by Crippen LogP contribution is -2.53. The summed E-state index contributed by atoms with van der Waals surface area (Å²) in [7, 11) is 0. The number of rotatable bonds is 5. The van der Waals surface area contributed by atoms with E-state index in [9.17, 15) is 4.79 Å². The molecule has 0 N–H and O–H groups in total. The second kappa shape index (κ2) is 7.52. The van der Waals surface area contributed by atoms with Crippen molar-refractivity contribution < 1.29 is 4.79 Å². The molecule has 0 bridgehead atoms. The Hall–Kier alpha value is -0.710. The van der Waals surface area contributed by atoms with E-state index in [1.807, 2.05) is 31.2 Å². The number of carbonyl (C=O) groups is 1. The maximum atomic E-state index is 12.6. The average Bonchev–Trinajstić information content (AvgIpc) is 2.53. The number of nitrogens with zero attached hydrogens (tertiary/aromatic N) is 2. The maximum absolute atomic E-state index is 12.6. The molecule has 2 rings (SSSR count). The molecule has 1 aromatic carbocycles. The fourth-order valence-electron chi connectivity index (χ4n) is 2.84. The number of ketones is 1. The highest BCUT2D eigenvalue weighted by molar-refractivity contribution is 9.10. The number of benzene rings is 1. The fraction of sp³-hybridized carbons (Fsp3) is 0.588. The highest BCUT2D eigenvalue weighted by Gasteiger charge is 2.27. The molecule has 116 valence electrons. The van der Waals surface area contributed by atoms with E-state index in [1.165, 1.54) is 6.42 Å². The quantitative estimate of drug-likeness (QED) is 0.758.